The second kappa shape index (κ2) is 6.56. The van der Waals surface area contributed by atoms with E-state index in [-0.39, 0.29) is 6.04 Å². The van der Waals surface area contributed by atoms with E-state index >= 15 is 0 Å². The number of hydrogen-bond donors (Lipinski definition) is 2. The van der Waals surface area contributed by atoms with Gasteiger partial charge in [-0.05, 0) is 59.2 Å². The summed E-state index contributed by atoms with van der Waals surface area (Å²) in [6.07, 6.45) is 0. The molecule has 0 bridgehead atoms. The molecule has 3 N–H and O–H groups in total. The van der Waals surface area contributed by atoms with E-state index in [9.17, 15) is 0 Å². The zero-order valence-corrected chi connectivity index (χ0v) is 14.1. The molecule has 2 aromatic carbocycles. The Kier molecular flexibility index (Phi) is 5.01. The van der Waals surface area contributed by atoms with Gasteiger partial charge in [-0.1, -0.05) is 30.3 Å². The Morgan fingerprint density at radius 3 is 2.40 bits per heavy atom. The molecule has 0 aliphatic heterocycles. The molecule has 4 heteroatoms. The highest BCUT2D eigenvalue weighted by Gasteiger charge is 2.20. The normalized spacial score (nSPS) is 12.2. The van der Waals surface area contributed by atoms with Crippen LogP contribution < -0.4 is 16.0 Å². The molecule has 1 atom stereocenters. The summed E-state index contributed by atoms with van der Waals surface area (Å²) in [7, 11) is 1.70. The lowest BCUT2D eigenvalue weighted by Crippen LogP contribution is -2.30. The van der Waals surface area contributed by atoms with Gasteiger partial charge in [-0.3, -0.25) is 5.84 Å². The van der Waals surface area contributed by atoms with Gasteiger partial charge >= 0.3 is 0 Å². The maximum absolute atomic E-state index is 5.81. The minimum atomic E-state index is -0.0858. The summed E-state index contributed by atoms with van der Waals surface area (Å²) < 4.78 is 6.78. The highest BCUT2D eigenvalue weighted by Crippen LogP contribution is 2.35. The van der Waals surface area contributed by atoms with E-state index in [1.807, 2.05) is 12.1 Å². The molecule has 20 heavy (non-hydrogen) atoms. The fraction of sp³-hybridized carbons (Fsp3) is 0.250. The average Bonchev–Trinajstić information content (AvgIpc) is 2.45. The van der Waals surface area contributed by atoms with Crippen molar-refractivity contribution in [2.24, 2.45) is 5.84 Å². The van der Waals surface area contributed by atoms with E-state index in [0.29, 0.717) is 0 Å². The second-order valence-electron chi connectivity index (χ2n) is 4.75. The van der Waals surface area contributed by atoms with E-state index in [0.717, 1.165) is 22.4 Å². The lowest BCUT2D eigenvalue weighted by Gasteiger charge is -2.22. The van der Waals surface area contributed by atoms with E-state index in [1.54, 1.807) is 7.11 Å². The maximum atomic E-state index is 5.81. The van der Waals surface area contributed by atoms with E-state index < -0.39 is 0 Å². The van der Waals surface area contributed by atoms with Crippen molar-refractivity contribution in [3.63, 3.8) is 0 Å². The zero-order chi connectivity index (χ0) is 14.7. The molecule has 0 saturated carbocycles. The highest BCUT2D eigenvalue weighted by atomic mass is 127. The van der Waals surface area contributed by atoms with Crippen LogP contribution in [0.1, 0.15) is 28.3 Å². The molecule has 1 unspecified atom stereocenters. The summed E-state index contributed by atoms with van der Waals surface area (Å²) in [5, 5.41) is 0. The summed E-state index contributed by atoms with van der Waals surface area (Å²) in [6, 6.07) is 12.3. The Labute approximate surface area is 133 Å². The Hall–Kier alpha value is -1.11. The molecular weight excluding hydrogens is 363 g/mol. The summed E-state index contributed by atoms with van der Waals surface area (Å²) in [6.45, 7) is 4.15. The number of nitrogens with two attached hydrogens (primary N) is 1. The first-order chi connectivity index (χ1) is 9.60. The van der Waals surface area contributed by atoms with Crippen molar-refractivity contribution in [2.75, 3.05) is 7.11 Å². The van der Waals surface area contributed by atoms with E-state index in [1.165, 1.54) is 9.13 Å². The van der Waals surface area contributed by atoms with Crippen LogP contribution in [0.15, 0.2) is 36.4 Å². The van der Waals surface area contributed by atoms with Crippen LogP contribution in [-0.2, 0) is 0 Å². The topological polar surface area (TPSA) is 47.3 Å². The number of ether oxygens (including phenoxy) is 1. The SMILES string of the molecule is COc1c(C(NN)c2ccccc2I)ccc(C)c1C. The molecule has 0 aromatic heterocycles. The Balaban J connectivity index is 2.59. The summed E-state index contributed by atoms with van der Waals surface area (Å²) in [5.41, 5.74) is 7.48. The molecule has 0 heterocycles. The lowest BCUT2D eigenvalue weighted by atomic mass is 9.94. The third kappa shape index (κ3) is 2.82. The van der Waals surface area contributed by atoms with Gasteiger partial charge in [0.1, 0.15) is 5.75 Å². The molecule has 2 rings (SSSR count). The van der Waals surface area contributed by atoms with Crippen molar-refractivity contribution in [2.45, 2.75) is 19.9 Å². The van der Waals surface area contributed by atoms with E-state index in [2.05, 4.69) is 66.1 Å². The van der Waals surface area contributed by atoms with Crippen molar-refractivity contribution in [3.05, 3.63) is 62.2 Å². The van der Waals surface area contributed by atoms with Gasteiger partial charge in [0.05, 0.1) is 13.2 Å². The van der Waals surface area contributed by atoms with Gasteiger partial charge in [0.2, 0.25) is 0 Å². The lowest BCUT2D eigenvalue weighted by molar-refractivity contribution is 0.400. The Morgan fingerprint density at radius 1 is 1.10 bits per heavy atom. The first-order valence-electron chi connectivity index (χ1n) is 6.44. The molecule has 106 valence electrons. The van der Waals surface area contributed by atoms with Crippen LogP contribution in [0.2, 0.25) is 0 Å². The number of benzene rings is 2. The largest absolute Gasteiger partial charge is 0.496 e. The molecule has 2 aromatic rings. The monoisotopic (exact) mass is 382 g/mol. The standard InChI is InChI=1S/C16H19IN2O/c1-10-8-9-13(16(20-3)11(10)2)15(19-18)12-6-4-5-7-14(12)17/h4-9,15,19H,18H2,1-3H3. The minimum Gasteiger partial charge on any atom is -0.496 e. The number of hydrazine groups is 1. The number of halogens is 1. The predicted molar refractivity (Wildman–Crippen MR) is 90.8 cm³/mol. The van der Waals surface area contributed by atoms with Crippen molar-refractivity contribution in [1.29, 1.82) is 0 Å². The van der Waals surface area contributed by atoms with E-state index in [4.69, 9.17) is 10.6 Å². The van der Waals surface area contributed by atoms with Crippen molar-refractivity contribution in [1.82, 2.24) is 5.43 Å². The predicted octanol–water partition coefficient (Wildman–Crippen LogP) is 3.47. The molecule has 0 amide bonds. The number of nitrogens with one attached hydrogen (secondary N) is 1. The summed E-state index contributed by atoms with van der Waals surface area (Å²) >= 11 is 2.33. The first-order valence-corrected chi connectivity index (χ1v) is 7.52. The fourth-order valence-electron chi connectivity index (χ4n) is 2.37. The van der Waals surface area contributed by atoms with Gasteiger partial charge in [-0.2, -0.15) is 0 Å². The van der Waals surface area contributed by atoms with Crippen molar-refractivity contribution in [3.8, 4) is 5.75 Å². The number of methoxy groups -OCH3 is 1. The molecule has 0 aliphatic carbocycles. The fourth-order valence-corrected chi connectivity index (χ4v) is 3.06. The smallest absolute Gasteiger partial charge is 0.127 e. The third-order valence-corrected chi connectivity index (χ3v) is 4.59. The number of aryl methyl sites for hydroxylation is 1. The number of hydrogen-bond acceptors (Lipinski definition) is 3. The molecule has 0 spiro atoms. The van der Waals surface area contributed by atoms with Gasteiger partial charge in [-0.25, -0.2) is 5.43 Å². The van der Waals surface area contributed by atoms with Crippen LogP contribution in [-0.4, -0.2) is 7.11 Å². The van der Waals surface area contributed by atoms with Crippen LogP contribution in [0.4, 0.5) is 0 Å². The first kappa shape index (κ1) is 15.3. The van der Waals surface area contributed by atoms with Gasteiger partial charge in [0.25, 0.3) is 0 Å². The van der Waals surface area contributed by atoms with Gasteiger partial charge in [0, 0.05) is 9.13 Å². The average molecular weight is 382 g/mol. The molecule has 0 aliphatic rings. The summed E-state index contributed by atoms with van der Waals surface area (Å²) in [4.78, 5) is 0. The van der Waals surface area contributed by atoms with Crippen LogP contribution in [0.5, 0.6) is 5.75 Å². The van der Waals surface area contributed by atoms with Crippen LogP contribution in [0.3, 0.4) is 0 Å². The molecule has 0 radical (unpaired) electrons. The van der Waals surface area contributed by atoms with Gasteiger partial charge in [-0.15, -0.1) is 0 Å². The van der Waals surface area contributed by atoms with Crippen LogP contribution >= 0.6 is 22.6 Å². The quantitative estimate of drug-likeness (QED) is 0.484. The summed E-state index contributed by atoms with van der Waals surface area (Å²) in [5.74, 6) is 6.70. The van der Waals surface area contributed by atoms with Gasteiger partial charge < -0.3 is 4.74 Å². The molecule has 3 nitrogen and oxygen atoms in total. The number of rotatable bonds is 4. The van der Waals surface area contributed by atoms with Crippen molar-refractivity contribution >= 4 is 22.6 Å². The zero-order valence-electron chi connectivity index (χ0n) is 11.9. The molecule has 0 saturated heterocycles. The van der Waals surface area contributed by atoms with Crippen LogP contribution in [0.25, 0.3) is 0 Å². The maximum Gasteiger partial charge on any atom is 0.127 e. The molecular formula is C16H19IN2O. The Bertz CT molecular complexity index is 613. The minimum absolute atomic E-state index is 0.0858. The third-order valence-electron chi connectivity index (χ3n) is 3.61. The van der Waals surface area contributed by atoms with Crippen molar-refractivity contribution < 1.29 is 4.74 Å². The second-order valence-corrected chi connectivity index (χ2v) is 5.91. The Morgan fingerprint density at radius 2 is 1.80 bits per heavy atom. The van der Waals surface area contributed by atoms with Crippen LogP contribution in [0, 0.1) is 17.4 Å². The highest BCUT2D eigenvalue weighted by molar-refractivity contribution is 14.1. The molecule has 0 fully saturated rings. The van der Waals surface area contributed by atoms with Gasteiger partial charge in [0.15, 0.2) is 0 Å².